The van der Waals surface area contributed by atoms with Crippen LogP contribution in [0.15, 0.2) is 12.2 Å². The van der Waals surface area contributed by atoms with E-state index < -0.39 is 0 Å². The highest BCUT2D eigenvalue weighted by Crippen LogP contribution is 2.74. The molecule has 3 rings (SSSR count). The molecule has 2 heteroatoms. The zero-order chi connectivity index (χ0) is 12.6. The first kappa shape index (κ1) is 11.5. The summed E-state index contributed by atoms with van der Waals surface area (Å²) in [6.45, 7) is 8.74. The minimum atomic E-state index is -0.280. The molecule has 5 atom stereocenters. The minimum absolute atomic E-state index is 0.0549. The molecule has 0 unspecified atom stereocenters. The number of hydrogen-bond donors (Lipinski definition) is 1. The first-order valence-corrected chi connectivity index (χ1v) is 6.67. The quantitative estimate of drug-likeness (QED) is 0.699. The number of aliphatic hydroxyl groups excluding tert-OH is 1. The van der Waals surface area contributed by atoms with Crippen molar-refractivity contribution < 1.29 is 9.90 Å². The van der Waals surface area contributed by atoms with Crippen LogP contribution in [0.25, 0.3) is 0 Å². The van der Waals surface area contributed by atoms with Gasteiger partial charge in [0.05, 0.1) is 6.10 Å². The van der Waals surface area contributed by atoms with Crippen molar-refractivity contribution in [1.29, 1.82) is 0 Å². The molecule has 17 heavy (non-hydrogen) atoms. The van der Waals surface area contributed by atoms with Crippen molar-refractivity contribution in [3.63, 3.8) is 0 Å². The third kappa shape index (κ3) is 1.00. The highest BCUT2D eigenvalue weighted by atomic mass is 16.3. The summed E-state index contributed by atoms with van der Waals surface area (Å²) in [5.41, 5.74) is -0.315. The fourth-order valence-corrected chi connectivity index (χ4v) is 5.70. The van der Waals surface area contributed by atoms with Crippen molar-refractivity contribution in [2.75, 3.05) is 0 Å². The number of rotatable bonds is 0. The van der Waals surface area contributed by atoms with E-state index in [2.05, 4.69) is 33.8 Å². The molecule has 0 aromatic rings. The molecule has 0 bridgehead atoms. The zero-order valence-electron chi connectivity index (χ0n) is 11.2. The van der Waals surface area contributed by atoms with E-state index in [4.69, 9.17) is 0 Å². The van der Waals surface area contributed by atoms with E-state index in [1.165, 1.54) is 0 Å². The van der Waals surface area contributed by atoms with E-state index in [9.17, 15) is 9.90 Å². The van der Waals surface area contributed by atoms with Crippen LogP contribution in [0.4, 0.5) is 0 Å². The van der Waals surface area contributed by atoms with Gasteiger partial charge in [-0.15, -0.1) is 0 Å². The number of hydrogen-bond acceptors (Lipinski definition) is 2. The third-order valence-corrected chi connectivity index (χ3v) is 5.97. The summed E-state index contributed by atoms with van der Waals surface area (Å²) in [7, 11) is 0. The average Bonchev–Trinajstić information content (AvgIpc) is 2.65. The van der Waals surface area contributed by atoms with Crippen molar-refractivity contribution in [3.05, 3.63) is 12.2 Å². The number of allylic oxidation sites excluding steroid dienone is 2. The van der Waals surface area contributed by atoms with Gasteiger partial charge >= 0.3 is 0 Å². The van der Waals surface area contributed by atoms with Gasteiger partial charge in [-0.2, -0.15) is 0 Å². The number of carbonyl (C=O) groups excluding carboxylic acids is 1. The Bertz CT molecular complexity index is 423. The predicted molar refractivity (Wildman–Crippen MR) is 66.4 cm³/mol. The lowest BCUT2D eigenvalue weighted by atomic mass is 9.61. The van der Waals surface area contributed by atoms with Crippen LogP contribution >= 0.6 is 0 Å². The highest BCUT2D eigenvalue weighted by molar-refractivity contribution is 5.99. The van der Waals surface area contributed by atoms with Crippen LogP contribution in [0.2, 0.25) is 0 Å². The summed E-state index contributed by atoms with van der Waals surface area (Å²) in [6, 6.07) is 0. The van der Waals surface area contributed by atoms with Gasteiger partial charge < -0.3 is 5.11 Å². The maximum atomic E-state index is 12.3. The monoisotopic (exact) mass is 234 g/mol. The second kappa shape index (κ2) is 2.85. The molecule has 1 N–H and O–H groups in total. The summed E-state index contributed by atoms with van der Waals surface area (Å²) in [4.78, 5) is 12.3. The Hall–Kier alpha value is -0.630. The van der Waals surface area contributed by atoms with E-state index in [0.29, 0.717) is 5.92 Å². The smallest absolute Gasteiger partial charge is 0.162 e. The van der Waals surface area contributed by atoms with Gasteiger partial charge in [0.2, 0.25) is 0 Å². The lowest BCUT2D eigenvalue weighted by Gasteiger charge is -2.40. The van der Waals surface area contributed by atoms with Crippen molar-refractivity contribution in [2.45, 2.75) is 46.6 Å². The minimum Gasteiger partial charge on any atom is -0.393 e. The second-order valence-corrected chi connectivity index (χ2v) is 7.31. The van der Waals surface area contributed by atoms with Crippen LogP contribution in [0.1, 0.15) is 40.5 Å². The molecular formula is C15H22O2. The molecule has 3 aliphatic carbocycles. The van der Waals surface area contributed by atoms with Gasteiger partial charge in [0, 0.05) is 16.7 Å². The Balaban J connectivity index is 2.23. The van der Waals surface area contributed by atoms with Crippen molar-refractivity contribution in [2.24, 2.45) is 28.1 Å². The molecule has 0 radical (unpaired) electrons. The first-order valence-electron chi connectivity index (χ1n) is 6.67. The molecule has 2 fully saturated rings. The maximum Gasteiger partial charge on any atom is 0.162 e. The molecule has 1 spiro atoms. The van der Waals surface area contributed by atoms with Gasteiger partial charge in [0.1, 0.15) is 0 Å². The summed E-state index contributed by atoms with van der Waals surface area (Å²) >= 11 is 0. The first-order chi connectivity index (χ1) is 7.76. The molecule has 94 valence electrons. The van der Waals surface area contributed by atoms with Crippen molar-refractivity contribution in [1.82, 2.24) is 0 Å². The summed E-state index contributed by atoms with van der Waals surface area (Å²) < 4.78 is 0. The lowest BCUT2D eigenvalue weighted by Crippen LogP contribution is -2.41. The molecule has 2 nitrogen and oxygen atoms in total. The van der Waals surface area contributed by atoms with E-state index in [1.807, 2.05) is 0 Å². The second-order valence-electron chi connectivity index (χ2n) is 7.31. The van der Waals surface area contributed by atoms with Crippen LogP contribution < -0.4 is 0 Å². The zero-order valence-corrected chi connectivity index (χ0v) is 11.2. The number of aliphatic hydroxyl groups is 1. The van der Waals surface area contributed by atoms with Gasteiger partial charge in [-0.1, -0.05) is 33.8 Å². The van der Waals surface area contributed by atoms with Crippen LogP contribution in [0.5, 0.6) is 0 Å². The highest BCUT2D eigenvalue weighted by Gasteiger charge is 2.73. The lowest BCUT2D eigenvalue weighted by molar-refractivity contribution is -0.126. The van der Waals surface area contributed by atoms with Crippen LogP contribution in [-0.4, -0.2) is 17.0 Å². The van der Waals surface area contributed by atoms with Crippen molar-refractivity contribution in [3.8, 4) is 0 Å². The van der Waals surface area contributed by atoms with E-state index in [0.717, 1.165) is 12.8 Å². The SMILES string of the molecule is C[C@@H]1C[C@H](O)[C@H]2C(C)(C)C[C@]3(C)C(=O)C=C[C@]123. The Kier molecular flexibility index (Phi) is 1.92. The molecule has 0 heterocycles. The topological polar surface area (TPSA) is 37.3 Å². The fraction of sp³-hybridized carbons (Fsp3) is 0.800. The van der Waals surface area contributed by atoms with E-state index >= 15 is 0 Å². The van der Waals surface area contributed by atoms with Gasteiger partial charge in [0.25, 0.3) is 0 Å². The summed E-state index contributed by atoms with van der Waals surface area (Å²) in [6.07, 6.45) is 5.39. The Labute approximate surface area is 103 Å². The molecule has 0 aromatic carbocycles. The average molecular weight is 234 g/mol. The third-order valence-electron chi connectivity index (χ3n) is 5.97. The van der Waals surface area contributed by atoms with Gasteiger partial charge in [-0.05, 0) is 30.3 Å². The largest absolute Gasteiger partial charge is 0.393 e. The van der Waals surface area contributed by atoms with Gasteiger partial charge in [-0.3, -0.25) is 4.79 Å². The van der Waals surface area contributed by atoms with Crippen LogP contribution in [-0.2, 0) is 4.79 Å². The normalized spacial score (nSPS) is 55.1. The van der Waals surface area contributed by atoms with Crippen LogP contribution in [0.3, 0.4) is 0 Å². The molecule has 2 saturated carbocycles. The molecule has 0 saturated heterocycles. The Morgan fingerprint density at radius 2 is 2.00 bits per heavy atom. The Morgan fingerprint density at radius 1 is 1.35 bits per heavy atom. The summed E-state index contributed by atoms with van der Waals surface area (Å²) in [5.74, 6) is 0.906. The van der Waals surface area contributed by atoms with Crippen molar-refractivity contribution >= 4 is 5.78 Å². The van der Waals surface area contributed by atoms with Gasteiger partial charge in [-0.25, -0.2) is 0 Å². The number of ketones is 1. The molecular weight excluding hydrogens is 212 g/mol. The molecule has 0 aromatic heterocycles. The standard InChI is InChI=1S/C15H22O2/c1-9-7-10(16)12-13(2,3)8-14(4)11(17)5-6-15(9,12)14/h5-6,9-10,12,16H,7-8H2,1-4H3/t9-,10+,12+,14-,15+/m1/s1. The van der Waals surface area contributed by atoms with E-state index in [1.54, 1.807) is 6.08 Å². The molecule has 3 aliphatic rings. The maximum absolute atomic E-state index is 12.3. The van der Waals surface area contributed by atoms with Crippen LogP contribution in [0, 0.1) is 28.1 Å². The molecule has 0 aliphatic heterocycles. The number of carbonyl (C=O) groups is 1. The van der Waals surface area contributed by atoms with E-state index in [-0.39, 0.29) is 34.1 Å². The predicted octanol–water partition coefficient (Wildman–Crippen LogP) is 2.56. The molecule has 0 amide bonds. The summed E-state index contributed by atoms with van der Waals surface area (Å²) in [5, 5.41) is 10.4. The fourth-order valence-electron chi connectivity index (χ4n) is 5.70. The Morgan fingerprint density at radius 3 is 2.65 bits per heavy atom. The van der Waals surface area contributed by atoms with Gasteiger partial charge in [0.15, 0.2) is 5.78 Å².